The van der Waals surface area contributed by atoms with Crippen LogP contribution in [0.3, 0.4) is 0 Å². The summed E-state index contributed by atoms with van der Waals surface area (Å²) in [5.41, 5.74) is 8.19. The van der Waals surface area contributed by atoms with Crippen molar-refractivity contribution < 1.29 is 19.3 Å². The largest absolute Gasteiger partial charge is 0.493 e. The van der Waals surface area contributed by atoms with Crippen LogP contribution in [0.5, 0.6) is 17.2 Å². The maximum atomic E-state index is 9.03. The summed E-state index contributed by atoms with van der Waals surface area (Å²) in [5.74, 6) is 1.87. The van der Waals surface area contributed by atoms with Crippen molar-refractivity contribution in [1.82, 2.24) is 0 Å². The van der Waals surface area contributed by atoms with Crippen LogP contribution in [0.2, 0.25) is 0 Å². The van der Waals surface area contributed by atoms with E-state index in [-0.39, 0.29) is 25.1 Å². The van der Waals surface area contributed by atoms with E-state index in [1.807, 2.05) is 36.4 Å². The minimum absolute atomic E-state index is 0. The van der Waals surface area contributed by atoms with Gasteiger partial charge in [-0.3, -0.25) is 0 Å². The van der Waals surface area contributed by atoms with Gasteiger partial charge in [0.05, 0.1) is 14.2 Å². The highest BCUT2D eigenvalue weighted by Gasteiger charge is 2.17. The molecule has 0 radical (unpaired) electrons. The molecule has 0 fully saturated rings. The molecular weight excluding hydrogens is 342 g/mol. The number of hydrogen-bond donors (Lipinski definition) is 2. The molecular formula is C19H26ClNO4. The number of ether oxygens (including phenoxy) is 3. The van der Waals surface area contributed by atoms with Crippen molar-refractivity contribution >= 4 is 12.4 Å². The van der Waals surface area contributed by atoms with Gasteiger partial charge in [-0.25, -0.2) is 0 Å². The summed E-state index contributed by atoms with van der Waals surface area (Å²) in [6, 6.07) is 13.3. The van der Waals surface area contributed by atoms with E-state index in [2.05, 4.69) is 0 Å². The van der Waals surface area contributed by atoms with Crippen LogP contribution >= 0.6 is 12.4 Å². The minimum atomic E-state index is -0.247. The van der Waals surface area contributed by atoms with Crippen LogP contribution in [0.15, 0.2) is 42.5 Å². The average Bonchev–Trinajstić information content (AvgIpc) is 2.64. The Kier molecular flexibility index (Phi) is 9.13. The molecule has 0 saturated heterocycles. The van der Waals surface area contributed by atoms with Crippen LogP contribution in [0.25, 0.3) is 0 Å². The fourth-order valence-electron chi connectivity index (χ4n) is 2.49. The van der Waals surface area contributed by atoms with Gasteiger partial charge < -0.3 is 25.1 Å². The van der Waals surface area contributed by atoms with Crippen LogP contribution in [0.1, 0.15) is 30.0 Å². The predicted octanol–water partition coefficient (Wildman–Crippen LogP) is 3.48. The summed E-state index contributed by atoms with van der Waals surface area (Å²) in [7, 11) is 3.18. The van der Waals surface area contributed by atoms with E-state index < -0.39 is 0 Å². The van der Waals surface area contributed by atoms with Gasteiger partial charge in [0.2, 0.25) is 0 Å². The number of nitrogens with two attached hydrogens (primary N) is 1. The molecule has 0 aliphatic heterocycles. The first-order valence-electron chi connectivity index (χ1n) is 7.98. The van der Waals surface area contributed by atoms with E-state index >= 15 is 0 Å². The lowest BCUT2D eigenvalue weighted by Gasteiger charge is -2.20. The van der Waals surface area contributed by atoms with E-state index in [1.54, 1.807) is 20.3 Å². The van der Waals surface area contributed by atoms with Crippen LogP contribution in [-0.4, -0.2) is 25.9 Å². The van der Waals surface area contributed by atoms with Gasteiger partial charge in [0.15, 0.2) is 11.5 Å². The summed E-state index contributed by atoms with van der Waals surface area (Å²) in [5, 5.41) is 9.03. The Morgan fingerprint density at radius 3 is 2.24 bits per heavy atom. The second-order valence-electron chi connectivity index (χ2n) is 5.49. The van der Waals surface area contributed by atoms with Crippen molar-refractivity contribution in [3.05, 3.63) is 53.6 Å². The maximum Gasteiger partial charge on any atom is 0.164 e. The average molecular weight is 368 g/mol. The third kappa shape index (κ3) is 5.81. The number of aliphatic hydroxyl groups excluding tert-OH is 1. The Bertz CT molecular complexity index is 637. The number of hydrogen-bond acceptors (Lipinski definition) is 5. The van der Waals surface area contributed by atoms with E-state index in [0.717, 1.165) is 11.1 Å². The normalized spacial score (nSPS) is 11.4. The van der Waals surface area contributed by atoms with E-state index in [1.165, 1.54) is 0 Å². The van der Waals surface area contributed by atoms with E-state index in [4.69, 9.17) is 25.1 Å². The summed E-state index contributed by atoms with van der Waals surface area (Å²) >= 11 is 0. The van der Waals surface area contributed by atoms with E-state index in [0.29, 0.717) is 36.7 Å². The maximum absolute atomic E-state index is 9.03. The quantitative estimate of drug-likeness (QED) is 0.709. The number of halogens is 1. The van der Waals surface area contributed by atoms with Crippen molar-refractivity contribution in [2.24, 2.45) is 5.73 Å². The molecule has 0 aliphatic carbocycles. The molecule has 2 aromatic carbocycles. The first-order chi connectivity index (χ1) is 11.7. The number of benzene rings is 2. The molecule has 0 heterocycles. The van der Waals surface area contributed by atoms with Crippen molar-refractivity contribution in [2.75, 3.05) is 20.8 Å². The molecule has 5 nitrogen and oxygen atoms in total. The topological polar surface area (TPSA) is 73.9 Å². The molecule has 0 saturated carbocycles. The van der Waals surface area contributed by atoms with Crippen LogP contribution in [0.4, 0.5) is 0 Å². The molecule has 1 atom stereocenters. The summed E-state index contributed by atoms with van der Waals surface area (Å²) in [6.07, 6.45) is 1.29. The molecule has 2 aromatic rings. The van der Waals surface area contributed by atoms with Crippen molar-refractivity contribution in [1.29, 1.82) is 0 Å². The van der Waals surface area contributed by atoms with Gasteiger partial charge >= 0.3 is 0 Å². The predicted molar refractivity (Wildman–Crippen MR) is 101 cm³/mol. The zero-order valence-corrected chi connectivity index (χ0v) is 15.4. The van der Waals surface area contributed by atoms with Gasteiger partial charge in [-0.2, -0.15) is 0 Å². The Morgan fingerprint density at radius 2 is 1.64 bits per heavy atom. The van der Waals surface area contributed by atoms with E-state index in [9.17, 15) is 0 Å². The Morgan fingerprint density at radius 1 is 1.00 bits per heavy atom. The van der Waals surface area contributed by atoms with Crippen LogP contribution in [-0.2, 0) is 6.61 Å². The molecule has 25 heavy (non-hydrogen) atoms. The molecule has 0 aromatic heterocycles. The van der Waals surface area contributed by atoms with Gasteiger partial charge in [-0.15, -0.1) is 12.4 Å². The molecule has 138 valence electrons. The fraction of sp³-hybridized carbons (Fsp3) is 0.368. The van der Waals surface area contributed by atoms with Gasteiger partial charge in [-0.1, -0.05) is 30.3 Å². The lowest BCUT2D eigenvalue weighted by molar-refractivity contribution is 0.275. The molecule has 0 aliphatic rings. The second-order valence-corrected chi connectivity index (χ2v) is 5.49. The molecule has 0 spiro atoms. The first kappa shape index (κ1) is 21.1. The smallest absolute Gasteiger partial charge is 0.164 e. The standard InChI is InChI=1S/C19H25NO4.ClH/c1-22-18-11-15(16(20)9-6-10-21)17(12-19(18)23-2)24-13-14-7-4-3-5-8-14;/h3-5,7-8,11-12,16,21H,6,9-10,13,20H2,1-2H3;1H/t16-;/m0./s1. The zero-order chi connectivity index (χ0) is 17.4. The molecule has 0 bridgehead atoms. The molecule has 3 N–H and O–H groups in total. The SMILES string of the molecule is COc1cc(OCc2ccccc2)c([C@@H](N)CCCO)cc1OC.Cl. The van der Waals surface area contributed by atoms with Crippen LogP contribution < -0.4 is 19.9 Å². The Hall–Kier alpha value is -1.95. The first-order valence-corrected chi connectivity index (χ1v) is 7.98. The minimum Gasteiger partial charge on any atom is -0.493 e. The number of aliphatic hydroxyl groups is 1. The lowest BCUT2D eigenvalue weighted by atomic mass is 10.0. The highest BCUT2D eigenvalue weighted by molar-refractivity contribution is 5.85. The molecule has 6 heteroatoms. The van der Waals surface area contributed by atoms with Crippen molar-refractivity contribution in [3.8, 4) is 17.2 Å². The summed E-state index contributed by atoms with van der Waals surface area (Å²) in [4.78, 5) is 0. The van der Waals surface area contributed by atoms with Crippen molar-refractivity contribution in [3.63, 3.8) is 0 Å². The third-order valence-electron chi connectivity index (χ3n) is 3.83. The third-order valence-corrected chi connectivity index (χ3v) is 3.83. The van der Waals surface area contributed by atoms with Crippen LogP contribution in [0, 0.1) is 0 Å². The Balaban J connectivity index is 0.00000312. The molecule has 0 unspecified atom stereocenters. The fourth-order valence-corrected chi connectivity index (χ4v) is 2.49. The van der Waals surface area contributed by atoms with Gasteiger partial charge in [0.25, 0.3) is 0 Å². The monoisotopic (exact) mass is 367 g/mol. The number of methoxy groups -OCH3 is 2. The molecule has 0 amide bonds. The van der Waals surface area contributed by atoms with Gasteiger partial charge in [-0.05, 0) is 24.5 Å². The zero-order valence-electron chi connectivity index (χ0n) is 14.6. The highest BCUT2D eigenvalue weighted by atomic mass is 35.5. The lowest BCUT2D eigenvalue weighted by Crippen LogP contribution is -2.13. The van der Waals surface area contributed by atoms with Crippen molar-refractivity contribution in [2.45, 2.75) is 25.5 Å². The highest BCUT2D eigenvalue weighted by Crippen LogP contribution is 2.38. The molecule has 2 rings (SSSR count). The second kappa shape index (κ2) is 10.8. The number of rotatable bonds is 9. The van der Waals surface area contributed by atoms with Gasteiger partial charge in [0.1, 0.15) is 12.4 Å². The Labute approximate surface area is 155 Å². The summed E-state index contributed by atoms with van der Waals surface area (Å²) < 4.78 is 16.7. The summed E-state index contributed by atoms with van der Waals surface area (Å²) in [6.45, 7) is 0.553. The van der Waals surface area contributed by atoms with Gasteiger partial charge in [0, 0.05) is 24.3 Å².